The topological polar surface area (TPSA) is 93.8 Å². The maximum Gasteiger partial charge on any atom is 0.375 e. The highest BCUT2D eigenvalue weighted by atomic mass is 16.5. The van der Waals surface area contributed by atoms with Gasteiger partial charge in [0, 0.05) is 0 Å². The van der Waals surface area contributed by atoms with E-state index >= 15 is 0 Å². The summed E-state index contributed by atoms with van der Waals surface area (Å²) in [4.78, 5) is 20.0. The second kappa shape index (κ2) is 4.30. The van der Waals surface area contributed by atoms with Gasteiger partial charge in [-0.2, -0.15) is 0 Å². The van der Waals surface area contributed by atoms with E-state index in [1.807, 2.05) is 5.43 Å². The van der Waals surface area contributed by atoms with Gasteiger partial charge in [0.1, 0.15) is 0 Å². The van der Waals surface area contributed by atoms with Crippen LogP contribution >= 0.6 is 0 Å². The molecule has 0 aliphatic rings. The number of hydrogen-bond donors (Lipinski definition) is 2. The molecule has 0 atom stereocenters. The van der Waals surface area contributed by atoms with Gasteiger partial charge in [0.25, 0.3) is 0 Å². The Labute approximate surface area is 57.0 Å². The number of ether oxygens (including phenoxy) is 1. The maximum atomic E-state index is 10.4. The lowest BCUT2D eigenvalue weighted by atomic mass is 10.6. The molecule has 0 unspecified atom stereocenters. The lowest BCUT2D eigenvalue weighted by Crippen LogP contribution is -2.27. The van der Waals surface area contributed by atoms with Crippen molar-refractivity contribution in [3.63, 3.8) is 0 Å². The van der Waals surface area contributed by atoms with Crippen LogP contribution in [-0.2, 0) is 14.3 Å². The Balaban J connectivity index is 3.91. The average Bonchev–Trinajstić information content (AvgIpc) is 1.98. The van der Waals surface area contributed by atoms with Gasteiger partial charge in [-0.25, -0.2) is 10.2 Å². The molecule has 0 saturated heterocycles. The molecule has 10 heavy (non-hydrogen) atoms. The van der Waals surface area contributed by atoms with Crippen molar-refractivity contribution in [1.82, 2.24) is 5.43 Å². The van der Waals surface area contributed by atoms with Gasteiger partial charge in [0.2, 0.25) is 12.2 Å². The van der Waals surface area contributed by atoms with Gasteiger partial charge in [-0.05, 0) is 0 Å². The fourth-order valence-corrected chi connectivity index (χ4v) is 0.246. The van der Waals surface area contributed by atoms with Crippen LogP contribution in [0.15, 0.2) is 5.10 Å². The van der Waals surface area contributed by atoms with Gasteiger partial charge < -0.3 is 10.5 Å². The van der Waals surface area contributed by atoms with Gasteiger partial charge in [-0.15, -0.1) is 5.10 Å². The Morgan fingerprint density at radius 1 is 1.80 bits per heavy atom. The van der Waals surface area contributed by atoms with Crippen molar-refractivity contribution >= 4 is 18.2 Å². The Kier molecular flexibility index (Phi) is 3.62. The molecule has 0 heterocycles. The smallest absolute Gasteiger partial charge is 0.375 e. The molecule has 0 aliphatic heterocycles. The summed E-state index contributed by atoms with van der Waals surface area (Å²) in [5, 5.41) is 3.12. The molecule has 0 radical (unpaired) electrons. The molecular weight excluding hydrogens is 138 g/mol. The van der Waals surface area contributed by atoms with Crippen LogP contribution in [0.4, 0.5) is 0 Å². The van der Waals surface area contributed by atoms with Crippen LogP contribution in [0.3, 0.4) is 0 Å². The van der Waals surface area contributed by atoms with Gasteiger partial charge in [0.15, 0.2) is 0 Å². The predicted octanol–water partition coefficient (Wildman–Crippen LogP) is -1.82. The lowest BCUT2D eigenvalue weighted by molar-refractivity contribution is -0.132. The second-order valence-corrected chi connectivity index (χ2v) is 1.24. The van der Waals surface area contributed by atoms with Gasteiger partial charge in [-0.1, -0.05) is 0 Å². The largest absolute Gasteiger partial charge is 0.463 e. The molecule has 1 amide bonds. The first-order valence-electron chi connectivity index (χ1n) is 2.33. The maximum absolute atomic E-state index is 10.4. The van der Waals surface area contributed by atoms with Crippen LogP contribution in [0, 0.1) is 0 Å². The molecule has 6 heteroatoms. The normalized spacial score (nSPS) is 10.3. The number of carbonyl (C=O) groups is 2. The highest BCUT2D eigenvalue weighted by molar-refractivity contribution is 6.34. The molecular formula is C4H7N3O3. The van der Waals surface area contributed by atoms with E-state index in [1.165, 1.54) is 0 Å². The van der Waals surface area contributed by atoms with Gasteiger partial charge in [-0.3, -0.25) is 4.79 Å². The number of hydrogen-bond acceptors (Lipinski definition) is 4. The highest BCUT2D eigenvalue weighted by Gasteiger charge is 2.04. The number of nitrogens with one attached hydrogen (secondary N) is 1. The van der Waals surface area contributed by atoms with Crippen LogP contribution in [0.1, 0.15) is 0 Å². The van der Waals surface area contributed by atoms with Crippen molar-refractivity contribution in [3.8, 4) is 0 Å². The molecule has 0 spiro atoms. The van der Waals surface area contributed by atoms with Crippen LogP contribution in [0.5, 0.6) is 0 Å². The van der Waals surface area contributed by atoms with Crippen LogP contribution < -0.4 is 11.2 Å². The molecule has 0 aromatic rings. The molecule has 0 aliphatic carbocycles. The molecule has 0 rings (SSSR count). The third-order valence-electron chi connectivity index (χ3n) is 0.632. The molecule has 0 aromatic carbocycles. The third kappa shape index (κ3) is 2.65. The summed E-state index contributed by atoms with van der Waals surface area (Å²) in [6.07, 6.45) is 0.288. The Bertz CT molecular complexity index is 165. The Morgan fingerprint density at radius 3 is 2.80 bits per heavy atom. The van der Waals surface area contributed by atoms with E-state index < -0.39 is 11.8 Å². The number of hydrazone groups is 1. The lowest BCUT2D eigenvalue weighted by Gasteiger charge is -1.94. The van der Waals surface area contributed by atoms with Crippen LogP contribution in [-0.4, -0.2) is 25.3 Å². The monoisotopic (exact) mass is 145 g/mol. The van der Waals surface area contributed by atoms with Gasteiger partial charge in [0.05, 0.1) is 7.11 Å². The van der Waals surface area contributed by atoms with E-state index in [4.69, 9.17) is 5.73 Å². The SMILES string of the molecule is COC(=O)C(N)=NNC=O. The van der Waals surface area contributed by atoms with Crippen molar-refractivity contribution in [2.24, 2.45) is 10.8 Å². The summed E-state index contributed by atoms with van der Waals surface area (Å²) in [6.45, 7) is 0. The van der Waals surface area contributed by atoms with E-state index in [9.17, 15) is 9.59 Å². The number of rotatable bonds is 2. The van der Waals surface area contributed by atoms with E-state index in [-0.39, 0.29) is 6.41 Å². The number of esters is 1. The molecule has 0 fully saturated rings. The fraction of sp³-hybridized carbons (Fsp3) is 0.250. The van der Waals surface area contributed by atoms with Gasteiger partial charge >= 0.3 is 5.97 Å². The first kappa shape index (κ1) is 8.41. The predicted molar refractivity (Wildman–Crippen MR) is 32.8 cm³/mol. The van der Waals surface area contributed by atoms with Crippen molar-refractivity contribution in [1.29, 1.82) is 0 Å². The molecule has 56 valence electrons. The quantitative estimate of drug-likeness (QED) is 0.157. The first-order chi connectivity index (χ1) is 4.72. The Hall–Kier alpha value is -1.59. The summed E-state index contributed by atoms with van der Waals surface area (Å²) in [7, 11) is 1.16. The standard InChI is InChI=1S/C4H7N3O3/c1-10-4(9)3(5)7-6-2-8/h2H,1H3,(H2,5,7)(H,6,8). The number of carbonyl (C=O) groups excluding carboxylic acids is 2. The van der Waals surface area contributed by atoms with Crippen molar-refractivity contribution in [3.05, 3.63) is 0 Å². The van der Waals surface area contributed by atoms with Crippen LogP contribution in [0.25, 0.3) is 0 Å². The number of methoxy groups -OCH3 is 1. The first-order valence-corrected chi connectivity index (χ1v) is 2.33. The van der Waals surface area contributed by atoms with E-state index in [0.717, 1.165) is 7.11 Å². The molecule has 6 nitrogen and oxygen atoms in total. The van der Waals surface area contributed by atoms with Crippen molar-refractivity contribution in [2.45, 2.75) is 0 Å². The van der Waals surface area contributed by atoms with Crippen LogP contribution in [0.2, 0.25) is 0 Å². The van der Waals surface area contributed by atoms with Crippen molar-refractivity contribution in [2.75, 3.05) is 7.11 Å². The zero-order valence-corrected chi connectivity index (χ0v) is 5.33. The fourth-order valence-electron chi connectivity index (χ4n) is 0.246. The average molecular weight is 145 g/mol. The summed E-state index contributed by atoms with van der Waals surface area (Å²) < 4.78 is 4.16. The minimum atomic E-state index is -0.783. The van der Waals surface area contributed by atoms with E-state index in [1.54, 1.807) is 0 Å². The zero-order chi connectivity index (χ0) is 7.98. The third-order valence-corrected chi connectivity index (χ3v) is 0.632. The van der Waals surface area contributed by atoms with E-state index in [2.05, 4.69) is 9.84 Å². The van der Waals surface area contributed by atoms with Crippen molar-refractivity contribution < 1.29 is 14.3 Å². The second-order valence-electron chi connectivity index (χ2n) is 1.24. The van der Waals surface area contributed by atoms with E-state index in [0.29, 0.717) is 0 Å². The summed E-state index contributed by atoms with van der Waals surface area (Å²) >= 11 is 0. The minimum Gasteiger partial charge on any atom is -0.463 e. The zero-order valence-electron chi connectivity index (χ0n) is 5.33. The number of nitrogens with zero attached hydrogens (tertiary/aromatic N) is 1. The molecule has 0 aromatic heterocycles. The summed E-state index contributed by atoms with van der Waals surface area (Å²) in [5.74, 6) is -1.18. The Morgan fingerprint density at radius 2 is 2.40 bits per heavy atom. The molecule has 0 bridgehead atoms. The summed E-state index contributed by atoms with van der Waals surface area (Å²) in [6, 6.07) is 0. The molecule has 0 saturated carbocycles. The number of amides is 1. The summed E-state index contributed by atoms with van der Waals surface area (Å²) in [5.41, 5.74) is 6.81. The highest BCUT2D eigenvalue weighted by Crippen LogP contribution is 1.71. The number of nitrogens with two attached hydrogens (primary N) is 1. The number of amidine groups is 1. The minimum absolute atomic E-state index is 0.288. The molecule has 3 N–H and O–H groups in total.